The lowest BCUT2D eigenvalue weighted by molar-refractivity contribution is 0.0552. The second kappa shape index (κ2) is 8.57. The maximum atomic E-state index is 14.5. The molecule has 6 nitrogen and oxygen atoms in total. The van der Waals surface area contributed by atoms with Crippen LogP contribution in [0.2, 0.25) is 0 Å². The van der Waals surface area contributed by atoms with Gasteiger partial charge in [0.1, 0.15) is 5.82 Å². The fourth-order valence-electron chi connectivity index (χ4n) is 5.65. The van der Waals surface area contributed by atoms with Gasteiger partial charge in [-0.1, -0.05) is 29.5 Å². The third-order valence-electron chi connectivity index (χ3n) is 7.24. The van der Waals surface area contributed by atoms with Crippen LogP contribution < -0.4 is 0 Å². The summed E-state index contributed by atoms with van der Waals surface area (Å²) in [5.41, 5.74) is 8.02. The average molecular weight is 470 g/mol. The van der Waals surface area contributed by atoms with Crippen LogP contribution >= 0.6 is 0 Å². The molecule has 1 saturated heterocycles. The van der Waals surface area contributed by atoms with Crippen LogP contribution in [0.4, 0.5) is 4.39 Å². The van der Waals surface area contributed by atoms with E-state index in [1.54, 1.807) is 10.7 Å². The predicted octanol–water partition coefficient (Wildman–Crippen LogP) is 5.76. The molecule has 0 radical (unpaired) electrons. The molecule has 0 bridgehead atoms. The fraction of sp³-hybridized carbons (Fsp3) is 0.321. The second-order valence-corrected chi connectivity index (χ2v) is 9.58. The van der Waals surface area contributed by atoms with Gasteiger partial charge in [0.2, 0.25) is 0 Å². The highest BCUT2D eigenvalue weighted by Crippen LogP contribution is 2.41. The molecule has 0 amide bonds. The summed E-state index contributed by atoms with van der Waals surface area (Å²) in [6.07, 6.45) is 3.75. The van der Waals surface area contributed by atoms with Gasteiger partial charge >= 0.3 is 0 Å². The molecule has 0 spiro atoms. The van der Waals surface area contributed by atoms with Crippen LogP contribution in [-0.2, 0) is 11.8 Å². The first kappa shape index (κ1) is 21.9. The predicted molar refractivity (Wildman–Crippen MR) is 135 cm³/mol. The molecule has 1 aliphatic rings. The Bertz CT molecular complexity index is 1530. The number of benzene rings is 2. The molecule has 178 valence electrons. The monoisotopic (exact) mass is 469 g/mol. The molecule has 2 aromatic carbocycles. The first-order valence-electron chi connectivity index (χ1n) is 12.1. The fourth-order valence-corrected chi connectivity index (χ4v) is 5.65. The molecule has 3 aromatic heterocycles. The highest BCUT2D eigenvalue weighted by molar-refractivity contribution is 6.07. The van der Waals surface area contributed by atoms with Gasteiger partial charge in [-0.05, 0) is 68.0 Å². The van der Waals surface area contributed by atoms with Crippen LogP contribution in [0, 0.1) is 25.6 Å². The standard InChI is InChI=1S/C28H28FN5O/c1-17-7-8-23-24(13-17)34(25-15-21(16-30-26(23)25)27-18(2)31-32-33(27)3)28(19-9-11-35-12-10-19)20-5-4-6-22(29)14-20/h4-8,13-16,19,28H,9-12H2,1-3H3. The molecular formula is C28H28FN5O. The van der Waals surface area contributed by atoms with Crippen molar-refractivity contribution in [2.45, 2.75) is 32.7 Å². The number of aryl methyl sites for hydroxylation is 3. The number of hydrogen-bond acceptors (Lipinski definition) is 4. The van der Waals surface area contributed by atoms with E-state index in [4.69, 9.17) is 9.72 Å². The molecule has 0 saturated carbocycles. The Kier molecular flexibility index (Phi) is 5.37. The third kappa shape index (κ3) is 3.71. The highest BCUT2D eigenvalue weighted by atomic mass is 19.1. The topological polar surface area (TPSA) is 57.8 Å². The molecular weight excluding hydrogens is 441 g/mol. The average Bonchev–Trinajstić information content (AvgIpc) is 3.36. The Balaban J connectivity index is 1.68. The zero-order chi connectivity index (χ0) is 24.1. The minimum absolute atomic E-state index is 0.0424. The number of aromatic nitrogens is 5. The lowest BCUT2D eigenvalue weighted by Gasteiger charge is -2.33. The summed E-state index contributed by atoms with van der Waals surface area (Å²) in [7, 11) is 1.90. The minimum Gasteiger partial charge on any atom is -0.381 e. The van der Waals surface area contributed by atoms with E-state index in [0.29, 0.717) is 5.92 Å². The van der Waals surface area contributed by atoms with Crippen molar-refractivity contribution in [1.82, 2.24) is 24.5 Å². The molecule has 6 rings (SSSR count). The molecule has 35 heavy (non-hydrogen) atoms. The van der Waals surface area contributed by atoms with Crippen molar-refractivity contribution in [1.29, 1.82) is 0 Å². The number of ether oxygens (including phenoxy) is 1. The molecule has 5 aromatic rings. The number of fused-ring (bicyclic) bond motifs is 3. The number of rotatable bonds is 4. The summed E-state index contributed by atoms with van der Waals surface area (Å²) in [5.74, 6) is 0.0977. The lowest BCUT2D eigenvalue weighted by atomic mass is 9.86. The molecule has 1 aliphatic heterocycles. The van der Waals surface area contributed by atoms with Gasteiger partial charge in [0.25, 0.3) is 0 Å². The largest absolute Gasteiger partial charge is 0.381 e. The van der Waals surface area contributed by atoms with Crippen molar-refractivity contribution >= 4 is 21.9 Å². The molecule has 0 N–H and O–H groups in total. The first-order chi connectivity index (χ1) is 17.0. The van der Waals surface area contributed by atoms with Crippen molar-refractivity contribution in [3.05, 3.63) is 77.4 Å². The SMILES string of the molecule is Cc1ccc2c3ncc(-c4c(C)nnn4C)cc3n(C(c3cccc(F)c3)C3CCOCC3)c2c1. The Morgan fingerprint density at radius 1 is 1.03 bits per heavy atom. The van der Waals surface area contributed by atoms with Crippen LogP contribution in [0.25, 0.3) is 33.2 Å². The van der Waals surface area contributed by atoms with Crippen molar-refractivity contribution in [3.63, 3.8) is 0 Å². The Morgan fingerprint density at radius 3 is 2.60 bits per heavy atom. The maximum absolute atomic E-state index is 14.5. The van der Waals surface area contributed by atoms with E-state index >= 15 is 0 Å². The maximum Gasteiger partial charge on any atom is 0.123 e. The highest BCUT2D eigenvalue weighted by Gasteiger charge is 2.30. The number of pyridine rings is 1. The van der Waals surface area contributed by atoms with Gasteiger partial charge in [-0.25, -0.2) is 9.07 Å². The number of hydrogen-bond donors (Lipinski definition) is 0. The smallest absolute Gasteiger partial charge is 0.123 e. The number of nitrogens with zero attached hydrogens (tertiary/aromatic N) is 5. The quantitative estimate of drug-likeness (QED) is 0.336. The van der Waals surface area contributed by atoms with Crippen molar-refractivity contribution < 1.29 is 9.13 Å². The van der Waals surface area contributed by atoms with Gasteiger partial charge in [-0.2, -0.15) is 0 Å². The van der Waals surface area contributed by atoms with Gasteiger partial charge in [0.05, 0.1) is 34.0 Å². The summed E-state index contributed by atoms with van der Waals surface area (Å²) >= 11 is 0. The Labute approximate surface area is 203 Å². The van der Waals surface area contributed by atoms with E-state index in [0.717, 1.165) is 70.5 Å². The van der Waals surface area contributed by atoms with Crippen LogP contribution in [0.3, 0.4) is 0 Å². The van der Waals surface area contributed by atoms with Gasteiger partial charge < -0.3 is 9.30 Å². The van der Waals surface area contributed by atoms with E-state index in [-0.39, 0.29) is 11.9 Å². The van der Waals surface area contributed by atoms with E-state index in [2.05, 4.69) is 46.1 Å². The van der Waals surface area contributed by atoms with E-state index in [1.165, 1.54) is 11.6 Å². The normalized spacial score (nSPS) is 15.8. The molecule has 0 aliphatic carbocycles. The zero-order valence-corrected chi connectivity index (χ0v) is 20.2. The van der Waals surface area contributed by atoms with Crippen LogP contribution in [0.1, 0.15) is 35.7 Å². The van der Waals surface area contributed by atoms with Crippen LogP contribution in [0.15, 0.2) is 54.7 Å². The molecule has 1 fully saturated rings. The van der Waals surface area contributed by atoms with Gasteiger partial charge in [-0.3, -0.25) is 4.98 Å². The van der Waals surface area contributed by atoms with Gasteiger partial charge in [0.15, 0.2) is 0 Å². The van der Waals surface area contributed by atoms with Crippen LogP contribution in [-0.4, -0.2) is 37.8 Å². The van der Waals surface area contributed by atoms with Gasteiger partial charge in [0, 0.05) is 37.4 Å². The van der Waals surface area contributed by atoms with Crippen molar-refractivity contribution in [2.24, 2.45) is 13.0 Å². The van der Waals surface area contributed by atoms with Crippen LogP contribution in [0.5, 0.6) is 0 Å². The second-order valence-electron chi connectivity index (χ2n) is 9.58. The van der Waals surface area contributed by atoms with E-state index < -0.39 is 0 Å². The van der Waals surface area contributed by atoms with Gasteiger partial charge in [-0.15, -0.1) is 5.10 Å². The molecule has 1 atom stereocenters. The summed E-state index contributed by atoms with van der Waals surface area (Å²) < 4.78 is 24.4. The Hall–Kier alpha value is -3.58. The minimum atomic E-state index is -0.216. The molecule has 4 heterocycles. The van der Waals surface area contributed by atoms with Crippen molar-refractivity contribution in [2.75, 3.05) is 13.2 Å². The van der Waals surface area contributed by atoms with E-state index in [1.807, 2.05) is 32.3 Å². The molecule has 7 heteroatoms. The van der Waals surface area contributed by atoms with Crippen molar-refractivity contribution in [3.8, 4) is 11.3 Å². The Morgan fingerprint density at radius 2 is 1.86 bits per heavy atom. The third-order valence-corrected chi connectivity index (χ3v) is 7.24. The number of halogens is 1. The zero-order valence-electron chi connectivity index (χ0n) is 20.2. The summed E-state index contributed by atoms with van der Waals surface area (Å²) in [6, 6.07) is 15.7. The first-order valence-corrected chi connectivity index (χ1v) is 12.1. The molecule has 1 unspecified atom stereocenters. The summed E-state index contributed by atoms with van der Waals surface area (Å²) in [5, 5.41) is 9.53. The summed E-state index contributed by atoms with van der Waals surface area (Å²) in [6.45, 7) is 5.51. The van der Waals surface area contributed by atoms with E-state index in [9.17, 15) is 4.39 Å². The summed E-state index contributed by atoms with van der Waals surface area (Å²) in [4.78, 5) is 4.95. The lowest BCUT2D eigenvalue weighted by Crippen LogP contribution is -2.27.